The first-order valence-corrected chi connectivity index (χ1v) is 19.0. The summed E-state index contributed by atoms with van der Waals surface area (Å²) in [6.07, 6.45) is 1.52. The molecule has 6 rings (SSSR count). The predicted molar refractivity (Wildman–Crippen MR) is 221 cm³/mol. The van der Waals surface area contributed by atoms with Gasteiger partial charge in [0.1, 0.15) is 16.7 Å². The maximum atomic E-state index is 14.0. The van der Waals surface area contributed by atoms with Crippen LogP contribution in [0.3, 0.4) is 0 Å². The van der Waals surface area contributed by atoms with E-state index in [1.807, 2.05) is 66.0 Å². The molecule has 1 aromatic heterocycles. The van der Waals surface area contributed by atoms with Gasteiger partial charge in [0.15, 0.2) is 16.6 Å². The van der Waals surface area contributed by atoms with Gasteiger partial charge in [-0.2, -0.15) is 0 Å². The molecule has 0 saturated carbocycles. The first kappa shape index (κ1) is 39.1. The summed E-state index contributed by atoms with van der Waals surface area (Å²) in [6, 6.07) is 36.0. The fourth-order valence-electron chi connectivity index (χ4n) is 5.59. The van der Waals surface area contributed by atoms with E-state index in [9.17, 15) is 14.4 Å². The van der Waals surface area contributed by atoms with Gasteiger partial charge >= 0.3 is 0 Å². The molecular weight excluding hydrogens is 749 g/mol. The van der Waals surface area contributed by atoms with E-state index < -0.39 is 17.1 Å². The third-order valence-corrected chi connectivity index (χ3v) is 10.3. The molecule has 0 saturated heterocycles. The Labute approximate surface area is 332 Å². The van der Waals surface area contributed by atoms with Gasteiger partial charge in [-0.15, -0.1) is 23.1 Å². The minimum Gasteiger partial charge on any atom is -0.497 e. The van der Waals surface area contributed by atoms with E-state index in [1.54, 1.807) is 67.8 Å². The molecule has 0 spiro atoms. The summed E-state index contributed by atoms with van der Waals surface area (Å²) in [7, 11) is 6.09. The van der Waals surface area contributed by atoms with E-state index in [4.69, 9.17) is 18.9 Å². The van der Waals surface area contributed by atoms with Crippen LogP contribution in [0.2, 0.25) is 0 Å². The molecule has 0 aliphatic heterocycles. The van der Waals surface area contributed by atoms with Crippen LogP contribution in [0, 0.1) is 0 Å². The van der Waals surface area contributed by atoms with Gasteiger partial charge in [-0.3, -0.25) is 14.4 Å². The summed E-state index contributed by atoms with van der Waals surface area (Å²) >= 11 is 2.65. The number of hydrogen-bond donors (Lipinski definition) is 3. The van der Waals surface area contributed by atoms with E-state index in [1.165, 1.54) is 50.5 Å². The lowest BCUT2D eigenvalue weighted by Gasteiger charge is -2.17. The Kier molecular flexibility index (Phi) is 13.0. The molecule has 1 unspecified atom stereocenters. The van der Waals surface area contributed by atoms with Crippen molar-refractivity contribution in [3.8, 4) is 34.3 Å². The van der Waals surface area contributed by atoms with Gasteiger partial charge < -0.3 is 34.9 Å². The van der Waals surface area contributed by atoms with Crippen molar-refractivity contribution in [3.05, 3.63) is 149 Å². The van der Waals surface area contributed by atoms with Crippen molar-refractivity contribution in [2.45, 2.75) is 10.1 Å². The third kappa shape index (κ3) is 9.75. The van der Waals surface area contributed by atoms with Crippen LogP contribution in [0.25, 0.3) is 17.3 Å². The van der Waals surface area contributed by atoms with Crippen molar-refractivity contribution >= 4 is 57.7 Å². The smallest absolute Gasteiger partial charge is 0.272 e. The van der Waals surface area contributed by atoms with E-state index in [2.05, 4.69) is 20.9 Å². The molecule has 0 radical (unpaired) electrons. The van der Waals surface area contributed by atoms with Gasteiger partial charge in [0.05, 0.1) is 34.1 Å². The molecule has 0 fully saturated rings. The first-order chi connectivity index (χ1) is 27.3. The maximum absolute atomic E-state index is 14.0. The van der Waals surface area contributed by atoms with Crippen molar-refractivity contribution in [2.75, 3.05) is 39.1 Å². The average molecular weight is 787 g/mol. The predicted octanol–water partition coefficient (Wildman–Crippen LogP) is 8.73. The second-order valence-corrected chi connectivity index (χ2v) is 14.0. The van der Waals surface area contributed by atoms with Crippen LogP contribution in [0.15, 0.2) is 137 Å². The van der Waals surface area contributed by atoms with Crippen molar-refractivity contribution in [1.82, 2.24) is 10.3 Å². The number of nitrogens with zero attached hydrogens (tertiary/aromatic N) is 1. The highest BCUT2D eigenvalue weighted by Gasteiger charge is 2.24. The van der Waals surface area contributed by atoms with E-state index in [-0.39, 0.29) is 11.6 Å². The number of rotatable bonds is 15. The van der Waals surface area contributed by atoms with E-state index in [0.717, 1.165) is 16.8 Å². The number of aromatic nitrogens is 1. The number of benzene rings is 5. The molecule has 284 valence electrons. The minimum absolute atomic E-state index is 0.0375. The molecule has 1 heterocycles. The largest absolute Gasteiger partial charge is 0.497 e. The van der Waals surface area contributed by atoms with Crippen LogP contribution in [0.1, 0.15) is 26.7 Å². The number of nitrogens with one attached hydrogen (secondary N) is 3. The van der Waals surface area contributed by atoms with Crippen LogP contribution in [0.4, 0.5) is 10.8 Å². The fourth-order valence-corrected chi connectivity index (χ4v) is 7.40. The van der Waals surface area contributed by atoms with E-state index in [0.29, 0.717) is 49.8 Å². The standard InChI is InChI=1S/C43H38N4O7S2/c1-51-32-19-11-17-30(24-32)35-26-55-43(46-35)47-42(50)39(28-13-7-5-8-14-28)56-33-20-12-18-31(25-33)44-41(49)34(45-40(48)29-15-9-6-10-16-29)21-27-22-36(52-2)38(54-4)37(23-27)53-3/h5-26,39H,1-4H3,(H,44,49)(H,45,48)(H,46,47,50)/b34-21+. The molecule has 13 heteroatoms. The van der Waals surface area contributed by atoms with Crippen molar-refractivity contribution in [1.29, 1.82) is 0 Å². The Bertz CT molecular complexity index is 2320. The molecule has 11 nitrogen and oxygen atoms in total. The maximum Gasteiger partial charge on any atom is 0.272 e. The number of thioether (sulfide) groups is 1. The summed E-state index contributed by atoms with van der Waals surface area (Å²) in [4.78, 5) is 46.5. The van der Waals surface area contributed by atoms with Crippen LogP contribution in [-0.4, -0.2) is 51.1 Å². The molecule has 3 amide bonds. The zero-order chi connectivity index (χ0) is 39.4. The second kappa shape index (κ2) is 18.7. The zero-order valence-corrected chi connectivity index (χ0v) is 32.5. The summed E-state index contributed by atoms with van der Waals surface area (Å²) in [5.41, 5.74) is 3.66. The van der Waals surface area contributed by atoms with Crippen LogP contribution in [0.5, 0.6) is 23.0 Å². The molecule has 0 aliphatic rings. The van der Waals surface area contributed by atoms with Gasteiger partial charge in [0.2, 0.25) is 11.7 Å². The number of anilines is 2. The quantitative estimate of drug-likeness (QED) is 0.0690. The van der Waals surface area contributed by atoms with Gasteiger partial charge in [0, 0.05) is 27.1 Å². The van der Waals surface area contributed by atoms with Crippen LogP contribution >= 0.6 is 23.1 Å². The molecule has 0 bridgehead atoms. The molecule has 1 atom stereocenters. The highest BCUT2D eigenvalue weighted by molar-refractivity contribution is 8.00. The van der Waals surface area contributed by atoms with Crippen LogP contribution in [-0.2, 0) is 9.59 Å². The molecule has 0 aliphatic carbocycles. The Hall–Kier alpha value is -6.57. The van der Waals surface area contributed by atoms with Crippen molar-refractivity contribution in [2.24, 2.45) is 0 Å². The highest BCUT2D eigenvalue weighted by Crippen LogP contribution is 2.40. The number of amides is 3. The monoisotopic (exact) mass is 786 g/mol. The van der Waals surface area contributed by atoms with Gasteiger partial charge in [-0.25, -0.2) is 4.98 Å². The summed E-state index contributed by atoms with van der Waals surface area (Å²) < 4.78 is 21.8. The van der Waals surface area contributed by atoms with Crippen LogP contribution < -0.4 is 34.9 Å². The average Bonchev–Trinajstić information content (AvgIpc) is 3.71. The van der Waals surface area contributed by atoms with Crippen molar-refractivity contribution < 1.29 is 33.3 Å². The number of thiazole rings is 1. The Morgan fingerprint density at radius 3 is 2.11 bits per heavy atom. The Morgan fingerprint density at radius 1 is 0.732 bits per heavy atom. The molecule has 56 heavy (non-hydrogen) atoms. The first-order valence-electron chi connectivity index (χ1n) is 17.2. The number of hydrogen-bond acceptors (Lipinski definition) is 10. The number of ether oxygens (including phenoxy) is 4. The lowest BCUT2D eigenvalue weighted by Crippen LogP contribution is -2.30. The fraction of sp³-hybridized carbons (Fsp3) is 0.116. The minimum atomic E-state index is -0.660. The molecular formula is C43H38N4O7S2. The van der Waals surface area contributed by atoms with Gasteiger partial charge in [-0.1, -0.05) is 66.7 Å². The SMILES string of the molecule is COc1cccc(-c2csc(NC(=O)C(Sc3cccc(NC(=O)/C(=C\c4cc(OC)c(OC)c(OC)c4)NC(=O)c4ccccc4)c3)c3ccccc3)n2)c1. The number of carbonyl (C=O) groups excluding carboxylic acids is 3. The highest BCUT2D eigenvalue weighted by atomic mass is 32.2. The summed E-state index contributed by atoms with van der Waals surface area (Å²) in [5.74, 6) is 0.522. The zero-order valence-electron chi connectivity index (χ0n) is 30.9. The number of methoxy groups -OCH3 is 4. The molecule has 6 aromatic rings. The normalized spacial score (nSPS) is 11.5. The Morgan fingerprint density at radius 2 is 1.43 bits per heavy atom. The molecule has 3 N–H and O–H groups in total. The lowest BCUT2D eigenvalue weighted by atomic mass is 10.1. The van der Waals surface area contributed by atoms with Gasteiger partial charge in [0.25, 0.3) is 11.8 Å². The van der Waals surface area contributed by atoms with E-state index >= 15 is 0 Å². The second-order valence-electron chi connectivity index (χ2n) is 12.0. The van der Waals surface area contributed by atoms with Crippen molar-refractivity contribution in [3.63, 3.8) is 0 Å². The molecule has 5 aromatic carbocycles. The lowest BCUT2D eigenvalue weighted by molar-refractivity contribution is -0.116. The summed E-state index contributed by atoms with van der Waals surface area (Å²) in [6.45, 7) is 0. The topological polar surface area (TPSA) is 137 Å². The number of carbonyl (C=O) groups is 3. The Balaban J connectivity index is 1.25. The van der Waals surface area contributed by atoms with Gasteiger partial charge in [-0.05, 0) is 71.8 Å². The third-order valence-electron chi connectivity index (χ3n) is 8.31. The summed E-state index contributed by atoms with van der Waals surface area (Å²) in [5, 5.41) is 10.3.